The van der Waals surface area contributed by atoms with E-state index in [1.807, 2.05) is 6.92 Å². The van der Waals surface area contributed by atoms with Crippen LogP contribution in [0.4, 0.5) is 0 Å². The summed E-state index contributed by atoms with van der Waals surface area (Å²) in [7, 11) is 1.53. The molecular weight excluding hydrogens is 222 g/mol. The predicted octanol–water partition coefficient (Wildman–Crippen LogP) is 0.0302. The van der Waals surface area contributed by atoms with Gasteiger partial charge in [-0.05, 0) is 13.3 Å². The number of aryl methyl sites for hydroxylation is 1. The number of nitrogens with one attached hydrogen (secondary N) is 1. The van der Waals surface area contributed by atoms with Crippen molar-refractivity contribution in [3.63, 3.8) is 0 Å². The molecular formula is C11H19N3O3. The van der Waals surface area contributed by atoms with Gasteiger partial charge in [-0.3, -0.25) is 9.48 Å². The van der Waals surface area contributed by atoms with E-state index in [9.17, 15) is 9.90 Å². The fourth-order valence-corrected chi connectivity index (χ4v) is 1.38. The third kappa shape index (κ3) is 4.54. The van der Waals surface area contributed by atoms with Gasteiger partial charge in [-0.15, -0.1) is 0 Å². The maximum absolute atomic E-state index is 11.6. The molecule has 1 aromatic heterocycles. The zero-order chi connectivity index (χ0) is 12.7. The Labute approximate surface area is 101 Å². The van der Waals surface area contributed by atoms with Crippen LogP contribution in [0.15, 0.2) is 12.4 Å². The van der Waals surface area contributed by atoms with E-state index >= 15 is 0 Å². The molecule has 0 aliphatic heterocycles. The number of carbonyl (C=O) groups excluding carboxylic acids is 1. The number of aliphatic hydroxyl groups excluding tert-OH is 1. The first-order chi connectivity index (χ1) is 8.17. The Hall–Kier alpha value is -1.40. The number of carbonyl (C=O) groups is 1. The van der Waals surface area contributed by atoms with Crippen LogP contribution >= 0.6 is 0 Å². The Balaban J connectivity index is 2.29. The van der Waals surface area contributed by atoms with Crippen LogP contribution in [0.25, 0.3) is 0 Å². The maximum Gasteiger partial charge on any atom is 0.254 e. The summed E-state index contributed by atoms with van der Waals surface area (Å²) in [4.78, 5) is 11.6. The van der Waals surface area contributed by atoms with Crippen LogP contribution in [0, 0.1) is 0 Å². The minimum Gasteiger partial charge on any atom is -0.391 e. The van der Waals surface area contributed by atoms with Gasteiger partial charge in [0.05, 0.1) is 24.5 Å². The maximum atomic E-state index is 11.6. The molecule has 1 unspecified atom stereocenters. The van der Waals surface area contributed by atoms with Crippen LogP contribution in [0.3, 0.4) is 0 Å². The van der Waals surface area contributed by atoms with E-state index in [0.29, 0.717) is 18.5 Å². The number of rotatable bonds is 7. The van der Waals surface area contributed by atoms with Crippen molar-refractivity contribution in [1.82, 2.24) is 15.1 Å². The molecule has 6 nitrogen and oxygen atoms in total. The normalized spacial score (nSPS) is 12.4. The lowest BCUT2D eigenvalue weighted by Gasteiger charge is -2.09. The fraction of sp³-hybridized carbons (Fsp3) is 0.636. The number of aliphatic hydroxyl groups is 1. The standard InChI is InChI=1S/C11H19N3O3/c1-3-14-7-9(6-13-14)11(16)12-5-4-10(15)8-17-2/h6-7,10,15H,3-5,8H2,1-2H3,(H,12,16). The molecule has 1 aromatic rings. The van der Waals surface area contributed by atoms with Crippen molar-refractivity contribution < 1.29 is 14.6 Å². The van der Waals surface area contributed by atoms with E-state index in [2.05, 4.69) is 10.4 Å². The minimum absolute atomic E-state index is 0.172. The second-order valence-electron chi connectivity index (χ2n) is 3.74. The summed E-state index contributed by atoms with van der Waals surface area (Å²) in [6.07, 6.45) is 3.16. The van der Waals surface area contributed by atoms with Crippen molar-refractivity contribution in [2.45, 2.75) is 26.0 Å². The average Bonchev–Trinajstić information content (AvgIpc) is 2.77. The highest BCUT2D eigenvalue weighted by Gasteiger charge is 2.09. The number of methoxy groups -OCH3 is 1. The monoisotopic (exact) mass is 241 g/mol. The summed E-state index contributed by atoms with van der Waals surface area (Å²) in [5, 5.41) is 16.1. The van der Waals surface area contributed by atoms with Crippen molar-refractivity contribution in [2.24, 2.45) is 0 Å². The van der Waals surface area contributed by atoms with Gasteiger partial charge in [0.15, 0.2) is 0 Å². The zero-order valence-electron chi connectivity index (χ0n) is 10.2. The van der Waals surface area contributed by atoms with Crippen molar-refractivity contribution in [3.05, 3.63) is 18.0 Å². The summed E-state index contributed by atoms with van der Waals surface area (Å²) >= 11 is 0. The van der Waals surface area contributed by atoms with Gasteiger partial charge in [-0.2, -0.15) is 5.10 Å². The van der Waals surface area contributed by atoms with Crippen LogP contribution in [0.5, 0.6) is 0 Å². The van der Waals surface area contributed by atoms with E-state index in [1.54, 1.807) is 10.9 Å². The Morgan fingerprint density at radius 2 is 2.47 bits per heavy atom. The highest BCUT2D eigenvalue weighted by Crippen LogP contribution is 1.98. The molecule has 1 amide bonds. The lowest BCUT2D eigenvalue weighted by atomic mass is 10.2. The van der Waals surface area contributed by atoms with Gasteiger partial charge in [0.1, 0.15) is 0 Å². The van der Waals surface area contributed by atoms with Crippen LogP contribution in [-0.4, -0.2) is 47.2 Å². The molecule has 0 bridgehead atoms. The van der Waals surface area contributed by atoms with Gasteiger partial charge in [0.25, 0.3) is 5.91 Å². The first-order valence-corrected chi connectivity index (χ1v) is 5.65. The number of amides is 1. The summed E-state index contributed by atoms with van der Waals surface area (Å²) in [5.41, 5.74) is 0.535. The summed E-state index contributed by atoms with van der Waals surface area (Å²) in [6, 6.07) is 0. The van der Waals surface area contributed by atoms with Crippen LogP contribution in [0.2, 0.25) is 0 Å². The number of nitrogens with zero attached hydrogens (tertiary/aromatic N) is 2. The molecule has 17 heavy (non-hydrogen) atoms. The smallest absolute Gasteiger partial charge is 0.254 e. The molecule has 0 aromatic carbocycles. The molecule has 2 N–H and O–H groups in total. The topological polar surface area (TPSA) is 76.4 Å². The van der Waals surface area contributed by atoms with Gasteiger partial charge < -0.3 is 15.2 Å². The summed E-state index contributed by atoms with van der Waals surface area (Å²) in [5.74, 6) is -0.172. The number of ether oxygens (including phenoxy) is 1. The number of aromatic nitrogens is 2. The lowest BCUT2D eigenvalue weighted by molar-refractivity contribution is 0.0587. The van der Waals surface area contributed by atoms with Gasteiger partial charge in [-0.25, -0.2) is 0 Å². The second kappa shape index (κ2) is 7.03. The van der Waals surface area contributed by atoms with Crippen molar-refractivity contribution >= 4 is 5.91 Å². The van der Waals surface area contributed by atoms with Crippen molar-refractivity contribution in [1.29, 1.82) is 0 Å². The Morgan fingerprint density at radius 1 is 1.71 bits per heavy atom. The molecule has 0 aliphatic carbocycles. The van der Waals surface area contributed by atoms with Crippen molar-refractivity contribution in [2.75, 3.05) is 20.3 Å². The van der Waals surface area contributed by atoms with E-state index in [0.717, 1.165) is 6.54 Å². The molecule has 0 saturated heterocycles. The van der Waals surface area contributed by atoms with Gasteiger partial charge >= 0.3 is 0 Å². The molecule has 1 atom stereocenters. The molecule has 0 saturated carbocycles. The quantitative estimate of drug-likeness (QED) is 0.706. The highest BCUT2D eigenvalue weighted by molar-refractivity contribution is 5.93. The zero-order valence-corrected chi connectivity index (χ0v) is 10.2. The molecule has 0 spiro atoms. The third-order valence-corrected chi connectivity index (χ3v) is 2.34. The van der Waals surface area contributed by atoms with Crippen LogP contribution in [-0.2, 0) is 11.3 Å². The molecule has 0 aliphatic rings. The summed E-state index contributed by atoms with van der Waals surface area (Å²) in [6.45, 7) is 3.39. The van der Waals surface area contributed by atoms with Crippen LogP contribution in [0.1, 0.15) is 23.7 Å². The Kier molecular flexibility index (Phi) is 5.65. The molecule has 0 fully saturated rings. The molecule has 96 valence electrons. The SMILES string of the molecule is CCn1cc(C(=O)NCCC(O)COC)cn1. The second-order valence-corrected chi connectivity index (χ2v) is 3.74. The molecule has 0 radical (unpaired) electrons. The first-order valence-electron chi connectivity index (χ1n) is 5.65. The molecule has 6 heteroatoms. The van der Waals surface area contributed by atoms with E-state index in [1.165, 1.54) is 13.3 Å². The van der Waals surface area contributed by atoms with Gasteiger partial charge in [0, 0.05) is 26.4 Å². The van der Waals surface area contributed by atoms with E-state index in [4.69, 9.17) is 4.74 Å². The minimum atomic E-state index is -0.543. The van der Waals surface area contributed by atoms with Crippen molar-refractivity contribution in [3.8, 4) is 0 Å². The fourth-order valence-electron chi connectivity index (χ4n) is 1.38. The summed E-state index contributed by atoms with van der Waals surface area (Å²) < 4.78 is 6.48. The average molecular weight is 241 g/mol. The Morgan fingerprint density at radius 3 is 3.06 bits per heavy atom. The van der Waals surface area contributed by atoms with Gasteiger partial charge in [-0.1, -0.05) is 0 Å². The Bertz CT molecular complexity index is 351. The first kappa shape index (κ1) is 13.7. The van der Waals surface area contributed by atoms with Gasteiger partial charge in [0.2, 0.25) is 0 Å². The number of hydrogen-bond acceptors (Lipinski definition) is 4. The van der Waals surface area contributed by atoms with Crippen LogP contribution < -0.4 is 5.32 Å². The largest absolute Gasteiger partial charge is 0.391 e. The molecule has 1 heterocycles. The highest BCUT2D eigenvalue weighted by atomic mass is 16.5. The number of hydrogen-bond donors (Lipinski definition) is 2. The van der Waals surface area contributed by atoms with E-state index < -0.39 is 6.10 Å². The predicted molar refractivity (Wildman–Crippen MR) is 62.7 cm³/mol. The third-order valence-electron chi connectivity index (χ3n) is 2.34. The molecule has 1 rings (SSSR count). The lowest BCUT2D eigenvalue weighted by Crippen LogP contribution is -2.28. The van der Waals surface area contributed by atoms with E-state index in [-0.39, 0.29) is 12.5 Å².